The number of fused-ring (bicyclic) bond motifs is 1. The van der Waals surface area contributed by atoms with Crippen molar-refractivity contribution in [2.75, 3.05) is 33.0 Å². The molecule has 3 aliphatic rings. The predicted octanol–water partition coefficient (Wildman–Crippen LogP) is 2.71. The summed E-state index contributed by atoms with van der Waals surface area (Å²) in [6.07, 6.45) is 0.866. The van der Waals surface area contributed by atoms with Gasteiger partial charge in [0.2, 0.25) is 12.7 Å². The molecule has 7 nitrogen and oxygen atoms in total. The number of hydrogen-bond acceptors (Lipinski definition) is 5. The maximum absolute atomic E-state index is 12.9. The summed E-state index contributed by atoms with van der Waals surface area (Å²) in [7, 11) is 0. The lowest BCUT2D eigenvalue weighted by molar-refractivity contribution is -0.134. The number of piperazine rings is 1. The molecule has 29 heavy (non-hydrogen) atoms. The first-order chi connectivity index (χ1) is 14.0. The number of hydrogen-bond donors (Lipinski definition) is 0. The van der Waals surface area contributed by atoms with Gasteiger partial charge in [-0.2, -0.15) is 0 Å². The maximum Gasteiger partial charge on any atom is 0.257 e. The minimum Gasteiger partial charge on any atom is -0.466 e. The summed E-state index contributed by atoms with van der Waals surface area (Å²) in [5, 5.41) is 0. The van der Waals surface area contributed by atoms with Crippen LogP contribution in [-0.2, 0) is 4.79 Å². The molecular formula is C22H24N2O5. The SMILES string of the molecule is Cc1cc(C(=O)N2CCN(C(=O)[C@H]3C[C@@H]3c3ccc4c(c3)OCO4)CC2)c(C)o1. The zero-order valence-corrected chi connectivity index (χ0v) is 16.6. The third-order valence-electron chi connectivity index (χ3n) is 6.08. The summed E-state index contributed by atoms with van der Waals surface area (Å²) in [6, 6.07) is 7.72. The molecule has 5 rings (SSSR count). The zero-order valence-electron chi connectivity index (χ0n) is 16.6. The quantitative estimate of drug-likeness (QED) is 0.798. The smallest absolute Gasteiger partial charge is 0.257 e. The van der Waals surface area contributed by atoms with Gasteiger partial charge in [0.25, 0.3) is 5.91 Å². The molecule has 0 spiro atoms. The number of furan rings is 1. The molecule has 1 aromatic heterocycles. The van der Waals surface area contributed by atoms with Crippen LogP contribution in [0, 0.1) is 19.8 Å². The second kappa shape index (κ2) is 6.83. The molecule has 152 valence electrons. The summed E-state index contributed by atoms with van der Waals surface area (Å²) in [4.78, 5) is 29.4. The number of benzene rings is 1. The van der Waals surface area contributed by atoms with E-state index in [-0.39, 0.29) is 30.4 Å². The molecule has 2 fully saturated rings. The van der Waals surface area contributed by atoms with Crippen molar-refractivity contribution in [3.8, 4) is 11.5 Å². The van der Waals surface area contributed by atoms with Crippen LogP contribution in [0.2, 0.25) is 0 Å². The summed E-state index contributed by atoms with van der Waals surface area (Å²) in [5.74, 6) is 3.35. The fourth-order valence-electron chi connectivity index (χ4n) is 4.36. The number of carbonyl (C=O) groups excluding carboxylic acids is 2. The topological polar surface area (TPSA) is 72.2 Å². The van der Waals surface area contributed by atoms with Gasteiger partial charge in [0.05, 0.1) is 5.56 Å². The monoisotopic (exact) mass is 396 g/mol. The molecule has 7 heteroatoms. The average Bonchev–Trinajstić information content (AvgIpc) is 3.26. The summed E-state index contributed by atoms with van der Waals surface area (Å²) in [6.45, 7) is 6.16. The minimum absolute atomic E-state index is 0.0175. The lowest BCUT2D eigenvalue weighted by atomic mass is 10.1. The van der Waals surface area contributed by atoms with Crippen molar-refractivity contribution < 1.29 is 23.5 Å². The van der Waals surface area contributed by atoms with Gasteiger partial charge in [-0.3, -0.25) is 9.59 Å². The van der Waals surface area contributed by atoms with E-state index in [9.17, 15) is 9.59 Å². The van der Waals surface area contributed by atoms with Crippen LogP contribution in [0.1, 0.15) is 39.8 Å². The molecular weight excluding hydrogens is 372 g/mol. The number of nitrogens with zero attached hydrogens (tertiary/aromatic N) is 2. The van der Waals surface area contributed by atoms with Crippen molar-refractivity contribution >= 4 is 11.8 Å². The van der Waals surface area contributed by atoms with E-state index < -0.39 is 0 Å². The Kier molecular flexibility index (Phi) is 4.26. The summed E-state index contributed by atoms with van der Waals surface area (Å²) in [5.41, 5.74) is 1.75. The highest BCUT2D eigenvalue weighted by atomic mass is 16.7. The van der Waals surface area contributed by atoms with Crippen LogP contribution in [0.4, 0.5) is 0 Å². The molecule has 0 radical (unpaired) electrons. The number of carbonyl (C=O) groups is 2. The zero-order chi connectivity index (χ0) is 20.1. The van der Waals surface area contributed by atoms with Crippen molar-refractivity contribution in [2.45, 2.75) is 26.2 Å². The average molecular weight is 396 g/mol. The Bertz CT molecular complexity index is 974. The Morgan fingerprint density at radius 3 is 2.41 bits per heavy atom. The van der Waals surface area contributed by atoms with Crippen LogP contribution in [0.15, 0.2) is 28.7 Å². The Hall–Kier alpha value is -2.96. The minimum atomic E-state index is -0.0175. The van der Waals surface area contributed by atoms with E-state index in [2.05, 4.69) is 0 Å². The molecule has 2 amide bonds. The highest BCUT2D eigenvalue weighted by Crippen LogP contribution is 2.50. The van der Waals surface area contributed by atoms with Crippen molar-refractivity contribution in [3.63, 3.8) is 0 Å². The van der Waals surface area contributed by atoms with Gasteiger partial charge in [-0.1, -0.05) is 6.07 Å². The second-order valence-corrected chi connectivity index (χ2v) is 8.01. The first-order valence-electron chi connectivity index (χ1n) is 10.1. The first kappa shape index (κ1) is 18.1. The lowest BCUT2D eigenvalue weighted by Crippen LogP contribution is -2.51. The highest BCUT2D eigenvalue weighted by Gasteiger charge is 2.46. The van der Waals surface area contributed by atoms with Gasteiger partial charge in [0.15, 0.2) is 11.5 Å². The van der Waals surface area contributed by atoms with E-state index in [4.69, 9.17) is 13.9 Å². The molecule has 1 saturated heterocycles. The van der Waals surface area contributed by atoms with Crippen LogP contribution in [0.5, 0.6) is 11.5 Å². The highest BCUT2D eigenvalue weighted by molar-refractivity contribution is 5.95. The number of amides is 2. The van der Waals surface area contributed by atoms with E-state index in [0.717, 1.165) is 29.2 Å². The predicted molar refractivity (Wildman–Crippen MR) is 104 cm³/mol. The Labute approximate surface area is 169 Å². The number of ether oxygens (including phenoxy) is 2. The third-order valence-corrected chi connectivity index (χ3v) is 6.08. The van der Waals surface area contributed by atoms with Gasteiger partial charge in [-0.05, 0) is 49.9 Å². The van der Waals surface area contributed by atoms with Crippen LogP contribution in [0.3, 0.4) is 0 Å². The second-order valence-electron chi connectivity index (χ2n) is 8.01. The Morgan fingerprint density at radius 2 is 1.69 bits per heavy atom. The number of aryl methyl sites for hydroxylation is 2. The Balaban J connectivity index is 1.18. The largest absolute Gasteiger partial charge is 0.466 e. The van der Waals surface area contributed by atoms with Crippen LogP contribution >= 0.6 is 0 Å². The standard InChI is InChI=1S/C22H24N2O5/c1-13-9-16(14(2)29-13)21(25)23-5-7-24(8-6-23)22(26)18-11-17(18)15-3-4-19-20(10-15)28-12-27-19/h3-4,9-10,17-18H,5-8,11-12H2,1-2H3/t17-,18+/m1/s1. The maximum atomic E-state index is 12.9. The van der Waals surface area contributed by atoms with Crippen molar-refractivity contribution in [1.29, 1.82) is 0 Å². The van der Waals surface area contributed by atoms with E-state index in [0.29, 0.717) is 37.5 Å². The first-order valence-corrected chi connectivity index (χ1v) is 10.1. The lowest BCUT2D eigenvalue weighted by Gasteiger charge is -2.35. The van der Waals surface area contributed by atoms with Gasteiger partial charge in [-0.15, -0.1) is 0 Å². The van der Waals surface area contributed by atoms with Crippen LogP contribution in [-0.4, -0.2) is 54.6 Å². The third kappa shape index (κ3) is 3.24. The van der Waals surface area contributed by atoms with E-state index in [1.54, 1.807) is 6.07 Å². The van der Waals surface area contributed by atoms with Gasteiger partial charge >= 0.3 is 0 Å². The summed E-state index contributed by atoms with van der Waals surface area (Å²) < 4.78 is 16.3. The van der Waals surface area contributed by atoms with Crippen LogP contribution < -0.4 is 9.47 Å². The molecule has 2 aliphatic heterocycles. The van der Waals surface area contributed by atoms with Gasteiger partial charge in [0.1, 0.15) is 11.5 Å². The molecule has 1 aromatic carbocycles. The van der Waals surface area contributed by atoms with Gasteiger partial charge in [0, 0.05) is 32.1 Å². The molecule has 1 saturated carbocycles. The van der Waals surface area contributed by atoms with E-state index >= 15 is 0 Å². The molecule has 0 unspecified atom stereocenters. The van der Waals surface area contributed by atoms with Crippen molar-refractivity contribution in [3.05, 3.63) is 46.9 Å². The normalized spacial score (nSPS) is 22.7. The van der Waals surface area contributed by atoms with Crippen molar-refractivity contribution in [1.82, 2.24) is 9.80 Å². The van der Waals surface area contributed by atoms with E-state index in [1.807, 2.05) is 41.8 Å². The molecule has 2 atom stereocenters. The van der Waals surface area contributed by atoms with E-state index in [1.165, 1.54) is 0 Å². The van der Waals surface area contributed by atoms with Gasteiger partial charge < -0.3 is 23.7 Å². The van der Waals surface area contributed by atoms with Crippen LogP contribution in [0.25, 0.3) is 0 Å². The molecule has 1 aliphatic carbocycles. The Morgan fingerprint density at radius 1 is 0.966 bits per heavy atom. The van der Waals surface area contributed by atoms with Crippen molar-refractivity contribution in [2.24, 2.45) is 5.92 Å². The molecule has 0 N–H and O–H groups in total. The fourth-order valence-corrected chi connectivity index (χ4v) is 4.36. The fraction of sp³-hybridized carbons (Fsp3) is 0.455. The molecule has 3 heterocycles. The molecule has 0 bridgehead atoms. The number of rotatable bonds is 3. The van der Waals surface area contributed by atoms with Gasteiger partial charge in [-0.25, -0.2) is 0 Å². The molecule has 2 aromatic rings. The summed E-state index contributed by atoms with van der Waals surface area (Å²) >= 11 is 0.